The van der Waals surface area contributed by atoms with E-state index >= 15 is 0 Å². The summed E-state index contributed by atoms with van der Waals surface area (Å²) in [5.41, 5.74) is 4.62. The van der Waals surface area contributed by atoms with Crippen LogP contribution in [-0.4, -0.2) is 22.5 Å². The molecule has 6 heteroatoms. The van der Waals surface area contributed by atoms with Crippen LogP contribution in [0.15, 0.2) is 54.7 Å². The number of aromatic nitrogens is 2. The van der Waals surface area contributed by atoms with Gasteiger partial charge in [0.25, 0.3) is 0 Å². The summed E-state index contributed by atoms with van der Waals surface area (Å²) in [5.74, 6) is 0.832. The van der Waals surface area contributed by atoms with E-state index in [4.69, 9.17) is 4.74 Å². The molecule has 0 aliphatic carbocycles. The van der Waals surface area contributed by atoms with Gasteiger partial charge in [-0.3, -0.25) is 0 Å². The first-order valence-electron chi connectivity index (χ1n) is 8.76. The van der Waals surface area contributed by atoms with Crippen molar-refractivity contribution in [1.82, 2.24) is 9.97 Å². The minimum atomic E-state index is -0.333. The Balaban J connectivity index is 1.72. The lowest BCUT2D eigenvalue weighted by molar-refractivity contribution is 0.0526. The zero-order chi connectivity index (χ0) is 19.2. The van der Waals surface area contributed by atoms with Crippen LogP contribution < -0.4 is 10.6 Å². The average molecular weight is 362 g/mol. The van der Waals surface area contributed by atoms with Crippen LogP contribution in [0.3, 0.4) is 0 Å². The number of benzene rings is 2. The van der Waals surface area contributed by atoms with Gasteiger partial charge in [-0.1, -0.05) is 12.1 Å². The number of anilines is 4. The summed E-state index contributed by atoms with van der Waals surface area (Å²) < 4.78 is 4.98. The van der Waals surface area contributed by atoms with Gasteiger partial charge in [-0.15, -0.1) is 0 Å². The lowest BCUT2D eigenvalue weighted by Gasteiger charge is -2.11. The molecule has 2 aromatic carbocycles. The molecule has 0 aliphatic rings. The van der Waals surface area contributed by atoms with E-state index in [1.165, 1.54) is 5.56 Å². The molecular weight excluding hydrogens is 340 g/mol. The third-order valence-corrected chi connectivity index (χ3v) is 3.96. The van der Waals surface area contributed by atoms with Crippen molar-refractivity contribution >= 4 is 29.1 Å². The number of carbonyl (C=O) groups excluding carboxylic acids is 1. The summed E-state index contributed by atoms with van der Waals surface area (Å²) in [7, 11) is 0. The van der Waals surface area contributed by atoms with E-state index in [1.54, 1.807) is 37.4 Å². The van der Waals surface area contributed by atoms with Gasteiger partial charge in [0.1, 0.15) is 5.82 Å². The number of nitrogens with one attached hydrogen (secondary N) is 2. The normalized spacial score (nSPS) is 10.3. The molecule has 138 valence electrons. The summed E-state index contributed by atoms with van der Waals surface area (Å²) in [5, 5.41) is 6.46. The zero-order valence-electron chi connectivity index (χ0n) is 15.6. The lowest BCUT2D eigenvalue weighted by Crippen LogP contribution is -2.05. The van der Waals surface area contributed by atoms with E-state index in [0.29, 0.717) is 23.9 Å². The molecule has 0 saturated carbocycles. The Morgan fingerprint density at radius 1 is 1.04 bits per heavy atom. The molecule has 0 aliphatic heterocycles. The van der Waals surface area contributed by atoms with Gasteiger partial charge >= 0.3 is 5.97 Å². The third-order valence-electron chi connectivity index (χ3n) is 3.96. The number of carbonyl (C=O) groups is 1. The highest BCUT2D eigenvalue weighted by atomic mass is 16.5. The Morgan fingerprint density at radius 2 is 1.81 bits per heavy atom. The molecule has 0 fully saturated rings. The van der Waals surface area contributed by atoms with E-state index in [0.717, 1.165) is 16.9 Å². The fourth-order valence-electron chi connectivity index (χ4n) is 2.53. The SMILES string of the molecule is CCOC(=O)c1ccc(Nc2nccc(Nc3cc(C)ccc3C)n2)cc1. The fourth-order valence-corrected chi connectivity index (χ4v) is 2.53. The number of esters is 1. The van der Waals surface area contributed by atoms with Gasteiger partial charge in [0, 0.05) is 17.6 Å². The van der Waals surface area contributed by atoms with E-state index in [-0.39, 0.29) is 5.97 Å². The van der Waals surface area contributed by atoms with Crippen LogP contribution >= 0.6 is 0 Å². The van der Waals surface area contributed by atoms with Crippen LogP contribution in [-0.2, 0) is 4.74 Å². The highest BCUT2D eigenvalue weighted by Gasteiger charge is 2.07. The monoisotopic (exact) mass is 362 g/mol. The van der Waals surface area contributed by atoms with Gasteiger partial charge < -0.3 is 15.4 Å². The summed E-state index contributed by atoms with van der Waals surface area (Å²) in [6.45, 7) is 6.24. The molecule has 0 radical (unpaired) electrons. The van der Waals surface area contributed by atoms with Crippen molar-refractivity contribution < 1.29 is 9.53 Å². The average Bonchev–Trinajstić information content (AvgIpc) is 2.66. The molecule has 0 saturated heterocycles. The van der Waals surface area contributed by atoms with Crippen molar-refractivity contribution in [3.8, 4) is 0 Å². The number of rotatable bonds is 6. The van der Waals surface area contributed by atoms with Gasteiger partial charge in [0.2, 0.25) is 5.95 Å². The quantitative estimate of drug-likeness (QED) is 0.616. The molecule has 27 heavy (non-hydrogen) atoms. The molecule has 1 aromatic heterocycles. The second-order valence-electron chi connectivity index (χ2n) is 6.13. The summed E-state index contributed by atoms with van der Waals surface area (Å²) >= 11 is 0. The molecule has 2 N–H and O–H groups in total. The predicted molar refractivity (Wildman–Crippen MR) is 107 cm³/mol. The van der Waals surface area contributed by atoms with E-state index in [2.05, 4.69) is 45.7 Å². The molecule has 6 nitrogen and oxygen atoms in total. The van der Waals surface area contributed by atoms with Crippen molar-refractivity contribution in [2.75, 3.05) is 17.2 Å². The smallest absolute Gasteiger partial charge is 0.338 e. The Bertz CT molecular complexity index is 939. The first-order chi connectivity index (χ1) is 13.0. The minimum Gasteiger partial charge on any atom is -0.462 e. The van der Waals surface area contributed by atoms with Gasteiger partial charge in [0.15, 0.2) is 0 Å². The zero-order valence-corrected chi connectivity index (χ0v) is 15.6. The second-order valence-corrected chi connectivity index (χ2v) is 6.13. The Kier molecular flexibility index (Phi) is 5.66. The van der Waals surface area contributed by atoms with Crippen LogP contribution in [0.4, 0.5) is 23.1 Å². The fraction of sp³-hybridized carbons (Fsp3) is 0.190. The standard InChI is InChI=1S/C21H22N4O2/c1-4-27-20(26)16-7-9-17(10-8-16)23-21-22-12-11-19(25-21)24-18-13-14(2)5-6-15(18)3/h5-13H,4H2,1-3H3,(H2,22,23,24,25). The van der Waals surface area contributed by atoms with Gasteiger partial charge in [-0.2, -0.15) is 4.98 Å². The van der Waals surface area contributed by atoms with Crippen molar-refractivity contribution in [3.63, 3.8) is 0 Å². The largest absolute Gasteiger partial charge is 0.462 e. The van der Waals surface area contributed by atoms with Crippen LogP contribution in [0.2, 0.25) is 0 Å². The lowest BCUT2D eigenvalue weighted by atomic mass is 10.1. The topological polar surface area (TPSA) is 76.1 Å². The van der Waals surface area contributed by atoms with Crippen molar-refractivity contribution in [3.05, 3.63) is 71.4 Å². The van der Waals surface area contributed by atoms with Crippen molar-refractivity contribution in [2.45, 2.75) is 20.8 Å². The van der Waals surface area contributed by atoms with E-state index in [1.807, 2.05) is 13.0 Å². The maximum Gasteiger partial charge on any atom is 0.338 e. The van der Waals surface area contributed by atoms with Gasteiger partial charge in [0.05, 0.1) is 12.2 Å². The van der Waals surface area contributed by atoms with Crippen molar-refractivity contribution in [2.24, 2.45) is 0 Å². The van der Waals surface area contributed by atoms with Gasteiger partial charge in [-0.25, -0.2) is 9.78 Å². The molecule has 0 bridgehead atoms. The summed E-state index contributed by atoms with van der Waals surface area (Å²) in [4.78, 5) is 20.5. The number of aryl methyl sites for hydroxylation is 2. The van der Waals surface area contributed by atoms with Gasteiger partial charge in [-0.05, 0) is 68.3 Å². The van der Waals surface area contributed by atoms with Crippen LogP contribution in [0.25, 0.3) is 0 Å². The Morgan fingerprint density at radius 3 is 2.56 bits per heavy atom. The molecular formula is C21H22N4O2. The molecule has 3 rings (SSSR count). The number of ether oxygens (including phenoxy) is 1. The first kappa shape index (κ1) is 18.4. The molecule has 0 unspecified atom stereocenters. The predicted octanol–water partition coefficient (Wildman–Crippen LogP) is 4.76. The third kappa shape index (κ3) is 4.82. The van der Waals surface area contributed by atoms with Crippen LogP contribution in [0, 0.1) is 13.8 Å². The van der Waals surface area contributed by atoms with E-state index < -0.39 is 0 Å². The van der Waals surface area contributed by atoms with Crippen LogP contribution in [0.1, 0.15) is 28.4 Å². The number of nitrogens with zero attached hydrogens (tertiary/aromatic N) is 2. The minimum absolute atomic E-state index is 0.333. The maximum atomic E-state index is 11.7. The highest BCUT2D eigenvalue weighted by molar-refractivity contribution is 5.89. The highest BCUT2D eigenvalue weighted by Crippen LogP contribution is 2.22. The summed E-state index contributed by atoms with van der Waals surface area (Å²) in [6.07, 6.45) is 1.69. The number of hydrogen-bond acceptors (Lipinski definition) is 6. The molecule has 0 atom stereocenters. The summed E-state index contributed by atoms with van der Waals surface area (Å²) in [6, 6.07) is 15.0. The molecule has 0 amide bonds. The maximum absolute atomic E-state index is 11.7. The molecule has 0 spiro atoms. The molecule has 3 aromatic rings. The van der Waals surface area contributed by atoms with Crippen molar-refractivity contribution in [1.29, 1.82) is 0 Å². The molecule has 1 heterocycles. The number of hydrogen-bond donors (Lipinski definition) is 2. The Hall–Kier alpha value is -3.41. The van der Waals surface area contributed by atoms with Crippen LogP contribution in [0.5, 0.6) is 0 Å². The second kappa shape index (κ2) is 8.31. The Labute approximate surface area is 158 Å². The first-order valence-corrected chi connectivity index (χ1v) is 8.76. The van der Waals surface area contributed by atoms with E-state index in [9.17, 15) is 4.79 Å².